The van der Waals surface area contributed by atoms with Crippen molar-refractivity contribution < 1.29 is 4.42 Å². The van der Waals surface area contributed by atoms with Crippen LogP contribution in [0, 0.1) is 6.92 Å². The van der Waals surface area contributed by atoms with Crippen LogP contribution in [0.25, 0.3) is 0 Å². The van der Waals surface area contributed by atoms with Crippen LogP contribution in [0.15, 0.2) is 28.9 Å². The highest BCUT2D eigenvalue weighted by atomic mass is 16.3. The van der Waals surface area contributed by atoms with Gasteiger partial charge in [0, 0.05) is 17.8 Å². The molecule has 0 radical (unpaired) electrons. The van der Waals surface area contributed by atoms with Gasteiger partial charge in [-0.2, -0.15) is 4.98 Å². The third-order valence-corrected chi connectivity index (χ3v) is 4.07. The lowest BCUT2D eigenvalue weighted by Gasteiger charge is -2.17. The Balaban J connectivity index is 1.63. The number of nitrogens with zero attached hydrogens (tertiary/aromatic N) is 2. The van der Waals surface area contributed by atoms with Crippen LogP contribution in [0.1, 0.15) is 50.0 Å². The Morgan fingerprint density at radius 2 is 2.00 bits per heavy atom. The third-order valence-electron chi connectivity index (χ3n) is 4.07. The van der Waals surface area contributed by atoms with E-state index in [4.69, 9.17) is 4.42 Å². The van der Waals surface area contributed by atoms with Crippen molar-refractivity contribution in [1.29, 1.82) is 0 Å². The highest BCUT2D eigenvalue weighted by Gasteiger charge is 2.13. The van der Waals surface area contributed by atoms with E-state index in [9.17, 15) is 0 Å². The molecule has 0 aliphatic heterocycles. The first-order valence-corrected chi connectivity index (χ1v) is 8.18. The number of aromatic nitrogens is 2. The van der Waals surface area contributed by atoms with Crippen molar-refractivity contribution in [2.75, 3.05) is 10.6 Å². The van der Waals surface area contributed by atoms with Crippen LogP contribution < -0.4 is 10.6 Å². The summed E-state index contributed by atoms with van der Waals surface area (Å²) in [5, 5.41) is 6.80. The van der Waals surface area contributed by atoms with Crippen molar-refractivity contribution in [3.63, 3.8) is 0 Å². The monoisotopic (exact) mass is 300 g/mol. The highest BCUT2D eigenvalue weighted by Crippen LogP contribution is 2.20. The van der Waals surface area contributed by atoms with E-state index in [-0.39, 0.29) is 0 Å². The fraction of sp³-hybridized carbons (Fsp3) is 0.529. The van der Waals surface area contributed by atoms with E-state index in [0.717, 1.165) is 23.2 Å². The number of aryl methyl sites for hydroxylation is 1. The van der Waals surface area contributed by atoms with Crippen molar-refractivity contribution in [3.8, 4) is 0 Å². The van der Waals surface area contributed by atoms with E-state index in [1.807, 2.05) is 25.1 Å². The minimum Gasteiger partial charge on any atom is -0.467 e. The molecule has 2 heterocycles. The van der Waals surface area contributed by atoms with Crippen LogP contribution in [0.4, 0.5) is 11.8 Å². The Hall–Kier alpha value is -2.04. The van der Waals surface area contributed by atoms with Crippen molar-refractivity contribution in [2.45, 2.75) is 58.0 Å². The maximum absolute atomic E-state index is 5.33. The molecule has 0 saturated heterocycles. The molecule has 0 spiro atoms. The van der Waals surface area contributed by atoms with Crippen LogP contribution >= 0.6 is 0 Å². The van der Waals surface area contributed by atoms with Gasteiger partial charge >= 0.3 is 0 Å². The molecule has 22 heavy (non-hydrogen) atoms. The molecule has 5 heteroatoms. The number of anilines is 2. The molecule has 1 aliphatic carbocycles. The molecule has 1 saturated carbocycles. The van der Waals surface area contributed by atoms with Gasteiger partial charge in [-0.25, -0.2) is 4.98 Å². The topological polar surface area (TPSA) is 63.0 Å². The number of nitrogens with one attached hydrogen (secondary N) is 2. The number of rotatable bonds is 5. The summed E-state index contributed by atoms with van der Waals surface area (Å²) in [6.07, 6.45) is 9.41. The maximum Gasteiger partial charge on any atom is 0.225 e. The van der Waals surface area contributed by atoms with E-state index in [1.54, 1.807) is 6.26 Å². The van der Waals surface area contributed by atoms with E-state index in [1.165, 1.54) is 38.5 Å². The van der Waals surface area contributed by atoms with Gasteiger partial charge < -0.3 is 15.1 Å². The molecule has 2 N–H and O–H groups in total. The zero-order valence-electron chi connectivity index (χ0n) is 13.1. The molecule has 5 nitrogen and oxygen atoms in total. The second-order valence-electron chi connectivity index (χ2n) is 5.98. The average molecular weight is 300 g/mol. The average Bonchev–Trinajstić information content (AvgIpc) is 2.89. The van der Waals surface area contributed by atoms with Crippen molar-refractivity contribution in [2.24, 2.45) is 0 Å². The van der Waals surface area contributed by atoms with E-state index >= 15 is 0 Å². The molecular weight excluding hydrogens is 276 g/mol. The Morgan fingerprint density at radius 3 is 2.73 bits per heavy atom. The van der Waals surface area contributed by atoms with Crippen LogP contribution in [0.3, 0.4) is 0 Å². The molecule has 1 fully saturated rings. The summed E-state index contributed by atoms with van der Waals surface area (Å²) in [6, 6.07) is 6.30. The van der Waals surface area contributed by atoms with Crippen molar-refractivity contribution in [3.05, 3.63) is 35.9 Å². The maximum atomic E-state index is 5.33. The van der Waals surface area contributed by atoms with Gasteiger partial charge in [0.05, 0.1) is 12.8 Å². The molecule has 118 valence electrons. The first kappa shape index (κ1) is 14.9. The highest BCUT2D eigenvalue weighted by molar-refractivity contribution is 5.42. The summed E-state index contributed by atoms with van der Waals surface area (Å²) in [5.41, 5.74) is 0.966. The normalized spacial score (nSPS) is 16.2. The minimum absolute atomic E-state index is 0.502. The fourth-order valence-corrected chi connectivity index (χ4v) is 2.92. The Morgan fingerprint density at radius 1 is 1.18 bits per heavy atom. The number of hydrogen-bond donors (Lipinski definition) is 2. The van der Waals surface area contributed by atoms with Gasteiger partial charge in [-0.3, -0.25) is 0 Å². The smallest absolute Gasteiger partial charge is 0.225 e. The van der Waals surface area contributed by atoms with Gasteiger partial charge in [-0.15, -0.1) is 0 Å². The first-order valence-electron chi connectivity index (χ1n) is 8.18. The van der Waals surface area contributed by atoms with Crippen LogP contribution in [0.5, 0.6) is 0 Å². The summed E-state index contributed by atoms with van der Waals surface area (Å²) >= 11 is 0. The standard InChI is InChI=1S/C17H24N4O/c1-13-11-16(18-12-15-9-6-10-22-15)21-17(19-13)20-14-7-4-2-3-5-8-14/h6,9-11,14H,2-5,7-8,12H2,1H3,(H2,18,19,20,21). The summed E-state index contributed by atoms with van der Waals surface area (Å²) in [7, 11) is 0. The van der Waals surface area contributed by atoms with Gasteiger partial charge in [0.1, 0.15) is 11.6 Å². The Bertz CT molecular complexity index is 574. The lowest BCUT2D eigenvalue weighted by Crippen LogP contribution is -2.20. The molecule has 2 aromatic rings. The zero-order valence-corrected chi connectivity index (χ0v) is 13.1. The van der Waals surface area contributed by atoms with E-state index in [0.29, 0.717) is 12.6 Å². The number of furan rings is 1. The molecule has 2 aromatic heterocycles. The van der Waals surface area contributed by atoms with Crippen LogP contribution in [-0.2, 0) is 6.54 Å². The zero-order chi connectivity index (χ0) is 15.2. The molecule has 3 rings (SSSR count). The molecule has 0 aromatic carbocycles. The first-order chi connectivity index (χ1) is 10.8. The number of hydrogen-bond acceptors (Lipinski definition) is 5. The van der Waals surface area contributed by atoms with Gasteiger partial charge in [0.25, 0.3) is 0 Å². The largest absolute Gasteiger partial charge is 0.467 e. The van der Waals surface area contributed by atoms with Gasteiger partial charge in [-0.05, 0) is 31.9 Å². The van der Waals surface area contributed by atoms with E-state index in [2.05, 4.69) is 20.6 Å². The molecular formula is C17H24N4O. The van der Waals surface area contributed by atoms with E-state index < -0.39 is 0 Å². The SMILES string of the molecule is Cc1cc(NCc2ccco2)nc(NC2CCCCCC2)n1. The molecule has 0 unspecified atom stereocenters. The van der Waals surface area contributed by atoms with Crippen LogP contribution in [0.2, 0.25) is 0 Å². The lowest BCUT2D eigenvalue weighted by molar-refractivity contribution is 0.518. The second kappa shape index (κ2) is 7.29. The Labute approximate surface area is 131 Å². The lowest BCUT2D eigenvalue weighted by atomic mass is 10.1. The van der Waals surface area contributed by atoms with Gasteiger partial charge in [0.2, 0.25) is 5.95 Å². The van der Waals surface area contributed by atoms with Crippen LogP contribution in [-0.4, -0.2) is 16.0 Å². The molecule has 0 amide bonds. The summed E-state index contributed by atoms with van der Waals surface area (Å²) < 4.78 is 5.33. The quantitative estimate of drug-likeness (QED) is 0.813. The Kier molecular flexibility index (Phi) is 4.93. The van der Waals surface area contributed by atoms with Crippen molar-refractivity contribution >= 4 is 11.8 Å². The molecule has 0 bridgehead atoms. The predicted octanol–water partition coefficient (Wildman–Crippen LogP) is 4.12. The molecule has 1 aliphatic rings. The van der Waals surface area contributed by atoms with Crippen molar-refractivity contribution in [1.82, 2.24) is 9.97 Å². The predicted molar refractivity (Wildman–Crippen MR) is 87.9 cm³/mol. The summed E-state index contributed by atoms with van der Waals surface area (Å²) in [6.45, 7) is 2.63. The second-order valence-corrected chi connectivity index (χ2v) is 5.98. The molecule has 0 atom stereocenters. The van der Waals surface area contributed by atoms with Gasteiger partial charge in [0.15, 0.2) is 0 Å². The minimum atomic E-state index is 0.502. The summed E-state index contributed by atoms with van der Waals surface area (Å²) in [5.74, 6) is 2.46. The fourth-order valence-electron chi connectivity index (χ4n) is 2.92. The van der Waals surface area contributed by atoms with Gasteiger partial charge in [-0.1, -0.05) is 25.7 Å². The summed E-state index contributed by atoms with van der Waals surface area (Å²) in [4.78, 5) is 9.10. The third kappa shape index (κ3) is 4.23.